The van der Waals surface area contributed by atoms with Gasteiger partial charge in [-0.2, -0.15) is 0 Å². The molecule has 1 unspecified atom stereocenters. The van der Waals surface area contributed by atoms with Crippen molar-refractivity contribution in [3.8, 4) is 0 Å². The van der Waals surface area contributed by atoms with Gasteiger partial charge in [0.2, 0.25) is 0 Å². The lowest BCUT2D eigenvalue weighted by Gasteiger charge is -2.23. The lowest BCUT2D eigenvalue weighted by Crippen LogP contribution is -2.13. The van der Waals surface area contributed by atoms with Crippen LogP contribution in [0.2, 0.25) is 0 Å². The molecule has 1 saturated carbocycles. The molecule has 1 atom stereocenters. The van der Waals surface area contributed by atoms with E-state index >= 15 is 0 Å². The molecule has 0 amide bonds. The third-order valence-electron chi connectivity index (χ3n) is 5.83. The Bertz CT molecular complexity index is 292. The van der Waals surface area contributed by atoms with Gasteiger partial charge in [0.05, 0.1) is 12.7 Å². The van der Waals surface area contributed by atoms with Crippen LogP contribution in [0.5, 0.6) is 0 Å². The molecule has 2 N–H and O–H groups in total. The Balaban J connectivity index is 1.90. The number of hydrogen-bond donors (Lipinski definition) is 2. The Hall–Kier alpha value is -0.120. The number of unbranched alkanes of at least 4 members (excludes halogenated alkanes) is 4. The molecule has 0 heterocycles. The smallest absolute Gasteiger partial charge is 0.0540 e. The molecule has 0 aliphatic heterocycles. The zero-order chi connectivity index (χ0) is 17.9. The number of ether oxygens (including phenoxy) is 1. The number of rotatable bonds is 16. The molecule has 0 radical (unpaired) electrons. The van der Waals surface area contributed by atoms with Crippen LogP contribution in [0.25, 0.3) is 0 Å². The minimum Gasteiger partial charge on any atom is -0.396 e. The standard InChI is InChI=1S/C21H42O3/c1-20(2,16-17-22)12-8-4-6-10-19(23)11-7-5-9-13-21(14-15-21)18-24-3/h19,22-23H,4-18H2,1-3H3. The summed E-state index contributed by atoms with van der Waals surface area (Å²) in [5.74, 6) is 0. The number of methoxy groups -OCH3 is 1. The van der Waals surface area contributed by atoms with E-state index in [4.69, 9.17) is 9.84 Å². The summed E-state index contributed by atoms with van der Waals surface area (Å²) in [7, 11) is 1.81. The van der Waals surface area contributed by atoms with Crippen LogP contribution in [0.1, 0.15) is 97.3 Å². The Morgan fingerprint density at radius 3 is 2.12 bits per heavy atom. The molecule has 3 nitrogen and oxygen atoms in total. The Morgan fingerprint density at radius 1 is 0.958 bits per heavy atom. The predicted octanol–water partition coefficient (Wildman–Crippen LogP) is 5.08. The molecule has 0 spiro atoms. The van der Waals surface area contributed by atoms with Gasteiger partial charge in [-0.3, -0.25) is 0 Å². The lowest BCUT2D eigenvalue weighted by atomic mass is 9.84. The van der Waals surface area contributed by atoms with Crippen LogP contribution in [0.3, 0.4) is 0 Å². The van der Waals surface area contributed by atoms with E-state index in [-0.39, 0.29) is 18.1 Å². The van der Waals surface area contributed by atoms with Gasteiger partial charge in [-0.15, -0.1) is 0 Å². The minimum atomic E-state index is -0.107. The highest BCUT2D eigenvalue weighted by atomic mass is 16.5. The summed E-state index contributed by atoms with van der Waals surface area (Å²) in [6.45, 7) is 5.69. The molecule has 1 rings (SSSR count). The first kappa shape index (κ1) is 21.9. The number of hydrogen-bond acceptors (Lipinski definition) is 3. The molecule has 0 aromatic rings. The van der Waals surface area contributed by atoms with Crippen LogP contribution in [0.4, 0.5) is 0 Å². The highest BCUT2D eigenvalue weighted by Gasteiger charge is 2.41. The first-order valence-electron chi connectivity index (χ1n) is 10.2. The van der Waals surface area contributed by atoms with Gasteiger partial charge in [0.15, 0.2) is 0 Å². The molecule has 24 heavy (non-hydrogen) atoms. The molecular formula is C21H42O3. The number of aliphatic hydroxyl groups is 2. The summed E-state index contributed by atoms with van der Waals surface area (Å²) < 4.78 is 5.31. The first-order chi connectivity index (χ1) is 11.4. The van der Waals surface area contributed by atoms with Crippen molar-refractivity contribution in [3.63, 3.8) is 0 Å². The van der Waals surface area contributed by atoms with Crippen LogP contribution in [0, 0.1) is 10.8 Å². The highest BCUT2D eigenvalue weighted by molar-refractivity contribution is 4.92. The SMILES string of the molecule is COCC1(CCCCCC(O)CCCCCC(C)(C)CCO)CC1. The Labute approximate surface area is 150 Å². The van der Waals surface area contributed by atoms with E-state index in [2.05, 4.69) is 13.8 Å². The van der Waals surface area contributed by atoms with E-state index in [1.165, 1.54) is 51.4 Å². The van der Waals surface area contributed by atoms with E-state index in [9.17, 15) is 5.11 Å². The van der Waals surface area contributed by atoms with Crippen LogP contribution in [-0.2, 0) is 4.74 Å². The topological polar surface area (TPSA) is 49.7 Å². The highest BCUT2D eigenvalue weighted by Crippen LogP contribution is 2.50. The van der Waals surface area contributed by atoms with Gasteiger partial charge >= 0.3 is 0 Å². The first-order valence-corrected chi connectivity index (χ1v) is 10.2. The summed E-state index contributed by atoms with van der Waals surface area (Å²) in [5, 5.41) is 19.1. The van der Waals surface area contributed by atoms with Crippen LogP contribution < -0.4 is 0 Å². The molecule has 0 bridgehead atoms. The second-order valence-electron chi connectivity index (χ2n) is 8.92. The van der Waals surface area contributed by atoms with Crippen LogP contribution in [-0.4, -0.2) is 36.6 Å². The van der Waals surface area contributed by atoms with Crippen LogP contribution in [0.15, 0.2) is 0 Å². The molecule has 0 saturated heterocycles. The molecule has 1 fully saturated rings. The largest absolute Gasteiger partial charge is 0.396 e. The fourth-order valence-electron chi connectivity index (χ4n) is 3.74. The van der Waals surface area contributed by atoms with Crippen LogP contribution >= 0.6 is 0 Å². The van der Waals surface area contributed by atoms with Crippen molar-refractivity contribution >= 4 is 0 Å². The maximum Gasteiger partial charge on any atom is 0.0540 e. The van der Waals surface area contributed by atoms with E-state index < -0.39 is 0 Å². The average Bonchev–Trinajstić information content (AvgIpc) is 3.26. The summed E-state index contributed by atoms with van der Waals surface area (Å²) in [6, 6.07) is 0. The fourth-order valence-corrected chi connectivity index (χ4v) is 3.74. The molecule has 1 aliphatic carbocycles. The average molecular weight is 343 g/mol. The van der Waals surface area contributed by atoms with Gasteiger partial charge < -0.3 is 14.9 Å². The lowest BCUT2D eigenvalue weighted by molar-refractivity contribution is 0.132. The summed E-state index contributed by atoms with van der Waals surface area (Å²) in [4.78, 5) is 0. The van der Waals surface area contributed by atoms with Crippen molar-refractivity contribution in [2.75, 3.05) is 20.3 Å². The summed E-state index contributed by atoms with van der Waals surface area (Å²) in [6.07, 6.45) is 15.1. The van der Waals surface area contributed by atoms with Gasteiger partial charge in [0, 0.05) is 13.7 Å². The Kier molecular flexibility index (Phi) is 10.5. The van der Waals surface area contributed by atoms with Gasteiger partial charge in [0.25, 0.3) is 0 Å². The van der Waals surface area contributed by atoms with Gasteiger partial charge in [0.1, 0.15) is 0 Å². The summed E-state index contributed by atoms with van der Waals surface area (Å²) in [5.41, 5.74) is 0.784. The van der Waals surface area contributed by atoms with Gasteiger partial charge in [-0.05, 0) is 55.8 Å². The quantitative estimate of drug-likeness (QED) is 0.384. The monoisotopic (exact) mass is 342 g/mol. The van der Waals surface area contributed by atoms with Crippen molar-refractivity contribution < 1.29 is 14.9 Å². The van der Waals surface area contributed by atoms with Gasteiger partial charge in [-0.1, -0.05) is 52.4 Å². The van der Waals surface area contributed by atoms with Gasteiger partial charge in [-0.25, -0.2) is 0 Å². The van der Waals surface area contributed by atoms with E-state index in [0.717, 1.165) is 38.7 Å². The predicted molar refractivity (Wildman–Crippen MR) is 101 cm³/mol. The van der Waals surface area contributed by atoms with E-state index in [0.29, 0.717) is 5.41 Å². The molecular weight excluding hydrogens is 300 g/mol. The minimum absolute atomic E-state index is 0.107. The zero-order valence-corrected chi connectivity index (χ0v) is 16.5. The van der Waals surface area contributed by atoms with Crippen molar-refractivity contribution in [1.82, 2.24) is 0 Å². The van der Waals surface area contributed by atoms with Crippen molar-refractivity contribution in [1.29, 1.82) is 0 Å². The Morgan fingerprint density at radius 2 is 1.58 bits per heavy atom. The summed E-state index contributed by atoms with van der Waals surface area (Å²) >= 11 is 0. The molecule has 0 aromatic heterocycles. The zero-order valence-electron chi connectivity index (χ0n) is 16.5. The van der Waals surface area contributed by atoms with E-state index in [1.807, 2.05) is 7.11 Å². The third-order valence-corrected chi connectivity index (χ3v) is 5.83. The second kappa shape index (κ2) is 11.5. The molecule has 1 aliphatic rings. The normalized spacial score (nSPS) is 17.9. The maximum atomic E-state index is 10.1. The third kappa shape index (κ3) is 10.0. The number of aliphatic hydroxyl groups excluding tert-OH is 2. The molecule has 144 valence electrons. The molecule has 0 aromatic carbocycles. The molecule has 3 heteroatoms. The van der Waals surface area contributed by atoms with E-state index in [1.54, 1.807) is 0 Å². The van der Waals surface area contributed by atoms with Crippen molar-refractivity contribution in [2.24, 2.45) is 10.8 Å². The maximum absolute atomic E-state index is 10.1. The second-order valence-corrected chi connectivity index (χ2v) is 8.92. The fraction of sp³-hybridized carbons (Fsp3) is 1.00. The van der Waals surface area contributed by atoms with Crippen molar-refractivity contribution in [2.45, 2.75) is 103 Å². The van der Waals surface area contributed by atoms with Crippen molar-refractivity contribution in [3.05, 3.63) is 0 Å².